The quantitative estimate of drug-likeness (QED) is 0.498. The van der Waals surface area contributed by atoms with Gasteiger partial charge in [0.2, 0.25) is 11.2 Å². The lowest BCUT2D eigenvalue weighted by molar-refractivity contribution is -0.146. The average Bonchev–Trinajstić information content (AvgIpc) is 2.87. The monoisotopic (exact) mass is 357 g/mol. The Balaban J connectivity index is 2.49. The molecule has 130 valence electrons. The molecule has 2 rings (SSSR count). The Morgan fingerprint density at radius 3 is 2.46 bits per heavy atom. The summed E-state index contributed by atoms with van der Waals surface area (Å²) in [6.07, 6.45) is 0. The van der Waals surface area contributed by atoms with Crippen LogP contribution in [0, 0.1) is 0 Å². The van der Waals surface area contributed by atoms with Gasteiger partial charge in [0.25, 0.3) is 5.56 Å². The third-order valence-corrected chi connectivity index (χ3v) is 3.90. The Kier molecular flexibility index (Phi) is 4.78. The van der Waals surface area contributed by atoms with Crippen molar-refractivity contribution in [1.82, 2.24) is 23.6 Å². The summed E-state index contributed by atoms with van der Waals surface area (Å²) >= 11 is 6.02. The number of ether oxygens (including phenoxy) is 1. The molecule has 2 heterocycles. The third kappa shape index (κ3) is 2.92. The molecule has 0 fully saturated rings. The first-order chi connectivity index (χ1) is 11.2. The number of methoxy groups -OCH3 is 1. The van der Waals surface area contributed by atoms with E-state index >= 15 is 0 Å². The number of carbonyl (C=O) groups is 2. The molecule has 1 amide bonds. The highest BCUT2D eigenvalue weighted by molar-refractivity contribution is 6.29. The number of hydrogen-bond donors (Lipinski definition) is 0. The Bertz CT molecular complexity index is 941. The predicted octanol–water partition coefficient (Wildman–Crippen LogP) is -1.28. The van der Waals surface area contributed by atoms with Gasteiger partial charge in [-0.2, -0.15) is 4.98 Å². The first kappa shape index (κ1) is 17.7. The molecule has 24 heavy (non-hydrogen) atoms. The highest BCUT2D eigenvalue weighted by Gasteiger charge is 2.21. The molecule has 0 N–H and O–H groups in total. The normalized spacial score (nSPS) is 10.9. The number of amides is 1. The van der Waals surface area contributed by atoms with Gasteiger partial charge in [-0.25, -0.2) is 4.79 Å². The summed E-state index contributed by atoms with van der Waals surface area (Å²) in [4.78, 5) is 52.9. The van der Waals surface area contributed by atoms with Crippen molar-refractivity contribution in [1.29, 1.82) is 0 Å². The first-order valence-electron chi connectivity index (χ1n) is 6.81. The zero-order valence-electron chi connectivity index (χ0n) is 13.6. The maximum absolute atomic E-state index is 12.3. The van der Waals surface area contributed by atoms with Crippen molar-refractivity contribution in [2.45, 2.75) is 6.54 Å². The van der Waals surface area contributed by atoms with Crippen molar-refractivity contribution in [3.63, 3.8) is 0 Å². The van der Waals surface area contributed by atoms with Crippen LogP contribution in [0.15, 0.2) is 9.59 Å². The second kappa shape index (κ2) is 6.48. The lowest BCUT2D eigenvalue weighted by Crippen LogP contribution is -2.38. The van der Waals surface area contributed by atoms with Crippen LogP contribution >= 0.6 is 11.6 Å². The standard InChI is InChI=1S/C13H16ClN5O5/c1-16(6-8(21)24-4)7(20)5-19-9-10(15-12(19)14)17(2)13(23)18(3)11(9)22/h5-6H2,1-4H3. The van der Waals surface area contributed by atoms with E-state index in [4.69, 9.17) is 11.6 Å². The second-order valence-electron chi connectivity index (χ2n) is 5.17. The van der Waals surface area contributed by atoms with Crippen molar-refractivity contribution in [3.05, 3.63) is 26.1 Å². The number of esters is 1. The summed E-state index contributed by atoms with van der Waals surface area (Å²) in [6.45, 7) is -0.549. The molecule has 0 aromatic carbocycles. The van der Waals surface area contributed by atoms with E-state index in [9.17, 15) is 19.2 Å². The van der Waals surface area contributed by atoms with E-state index in [1.807, 2.05) is 0 Å². The number of likely N-dealkylation sites (N-methyl/N-ethyl adjacent to an activating group) is 1. The van der Waals surface area contributed by atoms with Crippen molar-refractivity contribution in [3.8, 4) is 0 Å². The second-order valence-corrected chi connectivity index (χ2v) is 5.51. The maximum atomic E-state index is 12.3. The Labute approximate surface area is 140 Å². The summed E-state index contributed by atoms with van der Waals surface area (Å²) < 4.78 is 7.77. The van der Waals surface area contributed by atoms with Gasteiger partial charge in [-0.15, -0.1) is 0 Å². The Hall–Kier alpha value is -2.62. The minimum absolute atomic E-state index is 0.0319. The molecule has 11 heteroatoms. The fourth-order valence-corrected chi connectivity index (χ4v) is 2.39. The molecular weight excluding hydrogens is 342 g/mol. The molecule has 0 atom stereocenters. The number of rotatable bonds is 4. The molecule has 0 saturated heterocycles. The van der Waals surface area contributed by atoms with Crippen molar-refractivity contribution < 1.29 is 14.3 Å². The van der Waals surface area contributed by atoms with Crippen LogP contribution in [0.25, 0.3) is 11.2 Å². The molecule has 0 radical (unpaired) electrons. The molecule has 0 aliphatic heterocycles. The molecule has 0 aliphatic carbocycles. The SMILES string of the molecule is COC(=O)CN(C)C(=O)Cn1c(Cl)nc2c1c(=O)n(C)c(=O)n2C. The molecule has 0 unspecified atom stereocenters. The van der Waals surface area contributed by atoms with Crippen LogP contribution in [-0.4, -0.2) is 56.2 Å². The molecule has 0 saturated carbocycles. The van der Waals surface area contributed by atoms with Crippen LogP contribution in [0.1, 0.15) is 0 Å². The van der Waals surface area contributed by atoms with Crippen LogP contribution in [0.5, 0.6) is 0 Å². The van der Waals surface area contributed by atoms with E-state index in [1.54, 1.807) is 0 Å². The molecular formula is C13H16ClN5O5. The van der Waals surface area contributed by atoms with E-state index in [1.165, 1.54) is 37.4 Å². The Morgan fingerprint density at radius 2 is 1.88 bits per heavy atom. The number of imidazole rings is 1. The summed E-state index contributed by atoms with van der Waals surface area (Å²) in [7, 11) is 5.40. The number of carbonyl (C=O) groups excluding carboxylic acids is 2. The summed E-state index contributed by atoms with van der Waals surface area (Å²) in [5.74, 6) is -1.05. The molecule has 0 bridgehead atoms. The summed E-state index contributed by atoms with van der Waals surface area (Å²) in [5.41, 5.74) is -1.06. The van der Waals surface area contributed by atoms with Gasteiger partial charge in [0.1, 0.15) is 13.1 Å². The molecule has 0 aliphatic rings. The van der Waals surface area contributed by atoms with Gasteiger partial charge in [-0.1, -0.05) is 0 Å². The van der Waals surface area contributed by atoms with Crippen LogP contribution < -0.4 is 11.2 Å². The maximum Gasteiger partial charge on any atom is 0.332 e. The number of hydrogen-bond acceptors (Lipinski definition) is 6. The average molecular weight is 358 g/mol. The van der Waals surface area contributed by atoms with E-state index in [0.29, 0.717) is 0 Å². The van der Waals surface area contributed by atoms with Gasteiger partial charge < -0.3 is 9.64 Å². The fraction of sp³-hybridized carbons (Fsp3) is 0.462. The lowest BCUT2D eigenvalue weighted by atomic mass is 10.4. The van der Waals surface area contributed by atoms with Crippen LogP contribution in [0.2, 0.25) is 5.28 Å². The molecule has 10 nitrogen and oxygen atoms in total. The fourth-order valence-electron chi connectivity index (χ4n) is 2.17. The van der Waals surface area contributed by atoms with Crippen molar-refractivity contribution in [2.24, 2.45) is 14.1 Å². The van der Waals surface area contributed by atoms with E-state index in [-0.39, 0.29) is 29.5 Å². The number of fused-ring (bicyclic) bond motifs is 1. The van der Waals surface area contributed by atoms with Gasteiger partial charge in [0.15, 0.2) is 11.2 Å². The van der Waals surface area contributed by atoms with Gasteiger partial charge in [-0.05, 0) is 11.6 Å². The van der Waals surface area contributed by atoms with Crippen LogP contribution in [-0.2, 0) is 35.0 Å². The van der Waals surface area contributed by atoms with Crippen molar-refractivity contribution >= 4 is 34.6 Å². The molecule has 0 spiro atoms. The van der Waals surface area contributed by atoms with Gasteiger partial charge in [0, 0.05) is 21.1 Å². The molecule has 2 aromatic heterocycles. The summed E-state index contributed by atoms with van der Waals surface area (Å²) in [6, 6.07) is 0. The lowest BCUT2D eigenvalue weighted by Gasteiger charge is -2.16. The zero-order chi connectivity index (χ0) is 18.2. The molecule has 2 aromatic rings. The topological polar surface area (TPSA) is 108 Å². The third-order valence-electron chi connectivity index (χ3n) is 3.61. The van der Waals surface area contributed by atoms with Crippen molar-refractivity contribution in [2.75, 3.05) is 20.7 Å². The highest BCUT2D eigenvalue weighted by atomic mass is 35.5. The smallest absolute Gasteiger partial charge is 0.332 e. The van der Waals surface area contributed by atoms with Crippen LogP contribution in [0.4, 0.5) is 0 Å². The number of aryl methyl sites for hydroxylation is 1. The predicted molar refractivity (Wildman–Crippen MR) is 84.9 cm³/mol. The van der Waals surface area contributed by atoms with E-state index in [2.05, 4.69) is 9.72 Å². The van der Waals surface area contributed by atoms with Gasteiger partial charge in [-0.3, -0.25) is 28.1 Å². The number of halogens is 1. The largest absolute Gasteiger partial charge is 0.468 e. The summed E-state index contributed by atoms with van der Waals surface area (Å²) in [5, 5.41) is -0.108. The van der Waals surface area contributed by atoms with Gasteiger partial charge >= 0.3 is 11.7 Å². The van der Waals surface area contributed by atoms with E-state index in [0.717, 1.165) is 9.47 Å². The minimum Gasteiger partial charge on any atom is -0.468 e. The number of aromatic nitrogens is 4. The zero-order valence-corrected chi connectivity index (χ0v) is 14.3. The Morgan fingerprint density at radius 1 is 1.25 bits per heavy atom. The van der Waals surface area contributed by atoms with E-state index < -0.39 is 23.1 Å². The minimum atomic E-state index is -0.615. The van der Waals surface area contributed by atoms with Crippen LogP contribution in [0.3, 0.4) is 0 Å². The first-order valence-corrected chi connectivity index (χ1v) is 7.19. The van der Waals surface area contributed by atoms with Gasteiger partial charge in [0.05, 0.1) is 7.11 Å². The number of nitrogens with zero attached hydrogens (tertiary/aromatic N) is 5. The highest BCUT2D eigenvalue weighted by Crippen LogP contribution is 2.15.